The third kappa shape index (κ3) is 4.19. The molecule has 0 saturated heterocycles. The second kappa shape index (κ2) is 7.22. The molecule has 0 bridgehead atoms. The first-order valence-corrected chi connectivity index (χ1v) is 7.51. The van der Waals surface area contributed by atoms with E-state index < -0.39 is 10.0 Å². The van der Waals surface area contributed by atoms with E-state index in [2.05, 4.69) is 10.0 Å². The number of hydrogen-bond acceptors (Lipinski definition) is 5. The van der Waals surface area contributed by atoms with E-state index in [1.165, 1.54) is 25.3 Å². The highest BCUT2D eigenvalue weighted by atomic mass is 32.2. The number of hydrogen-bond donors (Lipinski definition) is 3. The molecule has 0 aliphatic heterocycles. The van der Waals surface area contributed by atoms with Gasteiger partial charge in [-0.05, 0) is 18.2 Å². The molecule has 1 aromatic rings. The number of aliphatic hydroxyl groups excluding tert-OH is 1. The number of carbonyl (C=O) groups excluding carboxylic acids is 1. The average Bonchev–Trinajstić information content (AvgIpc) is 2.44. The van der Waals surface area contributed by atoms with Gasteiger partial charge in [0.15, 0.2) is 0 Å². The third-order valence-electron chi connectivity index (χ3n) is 2.48. The predicted octanol–water partition coefficient (Wildman–Crippen LogP) is 0.314. The molecule has 20 heavy (non-hydrogen) atoms. The van der Waals surface area contributed by atoms with Crippen molar-refractivity contribution in [2.45, 2.75) is 18.2 Å². The largest absolute Gasteiger partial charge is 0.495 e. The average molecular weight is 302 g/mol. The smallest absolute Gasteiger partial charge is 0.240 e. The van der Waals surface area contributed by atoms with E-state index >= 15 is 0 Å². The zero-order chi connectivity index (χ0) is 15.2. The first kappa shape index (κ1) is 16.4. The normalized spacial score (nSPS) is 11.2. The Bertz CT molecular complexity index is 571. The molecule has 3 N–H and O–H groups in total. The van der Waals surface area contributed by atoms with Crippen LogP contribution < -0.4 is 14.8 Å². The number of benzene rings is 1. The van der Waals surface area contributed by atoms with Crippen molar-refractivity contribution >= 4 is 21.6 Å². The molecule has 0 aromatic heterocycles. The van der Waals surface area contributed by atoms with E-state index in [1.807, 2.05) is 0 Å². The van der Waals surface area contributed by atoms with Crippen LogP contribution in [0.4, 0.5) is 5.69 Å². The van der Waals surface area contributed by atoms with Crippen molar-refractivity contribution < 1.29 is 23.1 Å². The lowest BCUT2D eigenvalue weighted by Crippen LogP contribution is -2.26. The van der Waals surface area contributed by atoms with Crippen LogP contribution in [-0.4, -0.2) is 39.7 Å². The number of carbonyl (C=O) groups is 1. The number of sulfonamides is 1. The number of aliphatic hydroxyl groups is 1. The van der Waals surface area contributed by atoms with Crippen LogP contribution in [0.15, 0.2) is 23.1 Å². The van der Waals surface area contributed by atoms with Gasteiger partial charge in [-0.25, -0.2) is 13.1 Å². The molecular formula is C12H18N2O5S. The maximum Gasteiger partial charge on any atom is 0.240 e. The van der Waals surface area contributed by atoms with Crippen LogP contribution in [0.2, 0.25) is 0 Å². The molecule has 0 unspecified atom stereocenters. The second-order valence-corrected chi connectivity index (χ2v) is 5.65. The van der Waals surface area contributed by atoms with Crippen LogP contribution in [0.25, 0.3) is 0 Å². The second-order valence-electron chi connectivity index (χ2n) is 3.89. The Kier molecular flexibility index (Phi) is 5.93. The number of rotatable bonds is 7. The van der Waals surface area contributed by atoms with Gasteiger partial charge in [0.05, 0.1) is 24.3 Å². The first-order chi connectivity index (χ1) is 9.44. The molecule has 0 heterocycles. The number of methoxy groups -OCH3 is 1. The molecule has 112 valence electrons. The van der Waals surface area contributed by atoms with Gasteiger partial charge in [-0.3, -0.25) is 4.79 Å². The van der Waals surface area contributed by atoms with Crippen molar-refractivity contribution in [1.82, 2.24) is 4.72 Å². The van der Waals surface area contributed by atoms with E-state index in [4.69, 9.17) is 9.84 Å². The van der Waals surface area contributed by atoms with Crippen molar-refractivity contribution in [3.8, 4) is 5.75 Å². The highest BCUT2D eigenvalue weighted by Crippen LogP contribution is 2.27. The number of ether oxygens (including phenoxy) is 1. The number of nitrogens with one attached hydrogen (secondary N) is 2. The molecular weight excluding hydrogens is 284 g/mol. The van der Waals surface area contributed by atoms with E-state index in [0.717, 1.165) is 0 Å². The third-order valence-corrected chi connectivity index (χ3v) is 3.94. The standard InChI is InChI=1S/C12H18N2O5S/c1-3-12(16)14-10-8-9(4-5-11(10)19-2)20(17,18)13-6-7-15/h4-5,8,13,15H,3,6-7H2,1-2H3,(H,14,16). The summed E-state index contributed by atoms with van der Waals surface area (Å²) >= 11 is 0. The van der Waals surface area contributed by atoms with Gasteiger partial charge >= 0.3 is 0 Å². The lowest BCUT2D eigenvalue weighted by atomic mass is 10.3. The number of amides is 1. The van der Waals surface area contributed by atoms with Crippen molar-refractivity contribution in [2.75, 3.05) is 25.6 Å². The SMILES string of the molecule is CCC(=O)Nc1cc(S(=O)(=O)NCCO)ccc1OC. The van der Waals surface area contributed by atoms with E-state index in [-0.39, 0.29) is 36.1 Å². The highest BCUT2D eigenvalue weighted by Gasteiger charge is 2.16. The summed E-state index contributed by atoms with van der Waals surface area (Å²) in [5.74, 6) is 0.120. The molecule has 0 atom stereocenters. The van der Waals surface area contributed by atoms with Crippen molar-refractivity contribution in [2.24, 2.45) is 0 Å². The molecule has 0 aliphatic carbocycles. The van der Waals surface area contributed by atoms with Crippen LogP contribution in [0.5, 0.6) is 5.75 Å². The van der Waals surface area contributed by atoms with Gasteiger partial charge in [-0.1, -0.05) is 6.92 Å². The molecule has 8 heteroatoms. The van der Waals surface area contributed by atoms with Crippen LogP contribution in [0, 0.1) is 0 Å². The zero-order valence-corrected chi connectivity index (χ0v) is 12.2. The van der Waals surface area contributed by atoms with Gasteiger partial charge in [0.1, 0.15) is 5.75 Å². The van der Waals surface area contributed by atoms with Gasteiger partial charge < -0.3 is 15.2 Å². The molecule has 0 saturated carbocycles. The summed E-state index contributed by atoms with van der Waals surface area (Å²) in [5.41, 5.74) is 0.284. The summed E-state index contributed by atoms with van der Waals surface area (Å²) in [6, 6.07) is 4.13. The minimum atomic E-state index is -3.73. The summed E-state index contributed by atoms with van der Waals surface area (Å²) < 4.78 is 31.1. The highest BCUT2D eigenvalue weighted by molar-refractivity contribution is 7.89. The van der Waals surface area contributed by atoms with E-state index in [1.54, 1.807) is 6.92 Å². The fraction of sp³-hybridized carbons (Fsp3) is 0.417. The molecule has 1 aromatic carbocycles. The lowest BCUT2D eigenvalue weighted by Gasteiger charge is -2.12. The van der Waals surface area contributed by atoms with Gasteiger partial charge in [0, 0.05) is 13.0 Å². The molecule has 0 aliphatic rings. The molecule has 0 fully saturated rings. The minimum Gasteiger partial charge on any atom is -0.495 e. The van der Waals surface area contributed by atoms with Gasteiger partial charge in [-0.2, -0.15) is 0 Å². The van der Waals surface area contributed by atoms with E-state index in [9.17, 15) is 13.2 Å². The van der Waals surface area contributed by atoms with Gasteiger partial charge in [0.25, 0.3) is 0 Å². The van der Waals surface area contributed by atoms with Gasteiger partial charge in [0.2, 0.25) is 15.9 Å². The maximum absolute atomic E-state index is 11.9. The summed E-state index contributed by atoms with van der Waals surface area (Å²) in [5, 5.41) is 11.2. The fourth-order valence-electron chi connectivity index (χ4n) is 1.45. The molecule has 1 amide bonds. The molecule has 7 nitrogen and oxygen atoms in total. The quantitative estimate of drug-likeness (QED) is 0.672. The summed E-state index contributed by atoms with van der Waals surface area (Å²) in [4.78, 5) is 11.4. The summed E-state index contributed by atoms with van der Waals surface area (Å²) in [6.07, 6.45) is 0.267. The Hall–Kier alpha value is -1.64. The Morgan fingerprint density at radius 1 is 1.40 bits per heavy atom. The van der Waals surface area contributed by atoms with Crippen molar-refractivity contribution in [3.05, 3.63) is 18.2 Å². The first-order valence-electron chi connectivity index (χ1n) is 6.03. The summed E-state index contributed by atoms with van der Waals surface area (Å²) in [7, 11) is -2.30. The predicted molar refractivity (Wildman–Crippen MR) is 74.2 cm³/mol. The van der Waals surface area contributed by atoms with Crippen molar-refractivity contribution in [1.29, 1.82) is 0 Å². The topological polar surface area (TPSA) is 105 Å². The minimum absolute atomic E-state index is 0.0156. The van der Waals surface area contributed by atoms with Crippen LogP contribution in [0.3, 0.4) is 0 Å². The van der Waals surface area contributed by atoms with Crippen LogP contribution in [0.1, 0.15) is 13.3 Å². The van der Waals surface area contributed by atoms with Gasteiger partial charge in [-0.15, -0.1) is 0 Å². The van der Waals surface area contributed by atoms with Crippen molar-refractivity contribution in [3.63, 3.8) is 0 Å². The lowest BCUT2D eigenvalue weighted by molar-refractivity contribution is -0.115. The van der Waals surface area contributed by atoms with Crippen LogP contribution in [-0.2, 0) is 14.8 Å². The van der Waals surface area contributed by atoms with E-state index in [0.29, 0.717) is 5.75 Å². The monoisotopic (exact) mass is 302 g/mol. The van der Waals surface area contributed by atoms with Crippen LogP contribution >= 0.6 is 0 Å². The maximum atomic E-state index is 11.9. The number of anilines is 1. The Labute approximate surface area is 118 Å². The fourth-order valence-corrected chi connectivity index (χ4v) is 2.50. The summed E-state index contributed by atoms with van der Waals surface area (Å²) in [6.45, 7) is 1.31. The molecule has 1 rings (SSSR count). The molecule has 0 radical (unpaired) electrons. The Morgan fingerprint density at radius 2 is 2.10 bits per heavy atom. The zero-order valence-electron chi connectivity index (χ0n) is 11.3. The Balaban J connectivity index is 3.12. The molecule has 0 spiro atoms. The Morgan fingerprint density at radius 3 is 2.65 bits per heavy atom.